The molecule has 2 rings (SSSR count). The van der Waals surface area contributed by atoms with Gasteiger partial charge in [0.2, 0.25) is 5.91 Å². The third-order valence-electron chi connectivity index (χ3n) is 3.33. The van der Waals surface area contributed by atoms with E-state index in [2.05, 4.69) is 5.32 Å². The van der Waals surface area contributed by atoms with Crippen molar-refractivity contribution in [3.8, 4) is 0 Å². The number of carbonyl (C=O) groups is 2. The minimum atomic E-state index is -0.252. The van der Waals surface area contributed by atoms with Crippen LogP contribution < -0.4 is 5.32 Å². The van der Waals surface area contributed by atoms with Gasteiger partial charge in [-0.3, -0.25) is 9.59 Å². The number of nitrogens with one attached hydrogen (secondary N) is 1. The quantitative estimate of drug-likeness (QED) is 0.805. The Morgan fingerprint density at radius 2 is 2.11 bits per heavy atom. The highest BCUT2D eigenvalue weighted by Crippen LogP contribution is 2.28. The van der Waals surface area contributed by atoms with E-state index in [0.29, 0.717) is 13.0 Å². The second-order valence-corrected chi connectivity index (χ2v) is 4.51. The molecule has 1 amide bonds. The smallest absolute Gasteiger partial charge is 0.293 e. The number of hydrogen-bond donors (Lipinski definition) is 1. The highest BCUT2D eigenvalue weighted by atomic mass is 16.5. The number of amides is 1. The zero-order chi connectivity index (χ0) is 12.8. The molecule has 4 heteroatoms. The van der Waals surface area contributed by atoms with Gasteiger partial charge in [-0.2, -0.15) is 0 Å². The third kappa shape index (κ3) is 3.09. The van der Waals surface area contributed by atoms with E-state index < -0.39 is 0 Å². The Morgan fingerprint density at radius 1 is 1.33 bits per heavy atom. The van der Waals surface area contributed by atoms with Crippen molar-refractivity contribution in [3.05, 3.63) is 35.9 Å². The van der Waals surface area contributed by atoms with Gasteiger partial charge in [0.1, 0.15) is 6.10 Å². The molecule has 96 valence electrons. The molecule has 1 fully saturated rings. The van der Waals surface area contributed by atoms with E-state index in [4.69, 9.17) is 4.74 Å². The molecule has 1 aliphatic carbocycles. The fourth-order valence-corrected chi connectivity index (χ4v) is 2.38. The van der Waals surface area contributed by atoms with E-state index >= 15 is 0 Å². The monoisotopic (exact) mass is 247 g/mol. The highest BCUT2D eigenvalue weighted by Gasteiger charge is 2.34. The zero-order valence-corrected chi connectivity index (χ0v) is 10.2. The first-order chi connectivity index (χ1) is 8.81. The van der Waals surface area contributed by atoms with E-state index in [1.807, 2.05) is 30.3 Å². The molecule has 1 N–H and O–H groups in total. The fourth-order valence-electron chi connectivity index (χ4n) is 2.38. The summed E-state index contributed by atoms with van der Waals surface area (Å²) < 4.78 is 4.95. The van der Waals surface area contributed by atoms with Crippen molar-refractivity contribution in [1.82, 2.24) is 5.32 Å². The Kier molecular flexibility index (Phi) is 4.34. The SMILES string of the molecule is O=COC1CCCC1C(=O)NCc1ccccc1. The van der Waals surface area contributed by atoms with E-state index in [-0.39, 0.29) is 17.9 Å². The summed E-state index contributed by atoms with van der Waals surface area (Å²) in [6, 6.07) is 9.75. The van der Waals surface area contributed by atoms with Crippen molar-refractivity contribution in [2.24, 2.45) is 5.92 Å². The predicted molar refractivity (Wildman–Crippen MR) is 66.6 cm³/mol. The van der Waals surface area contributed by atoms with Crippen LogP contribution in [-0.2, 0) is 20.9 Å². The molecule has 0 saturated heterocycles. The number of ether oxygens (including phenoxy) is 1. The number of carbonyl (C=O) groups excluding carboxylic acids is 2. The molecule has 2 atom stereocenters. The van der Waals surface area contributed by atoms with Crippen LogP contribution in [-0.4, -0.2) is 18.5 Å². The van der Waals surface area contributed by atoms with Gasteiger partial charge in [0.25, 0.3) is 6.47 Å². The topological polar surface area (TPSA) is 55.4 Å². The van der Waals surface area contributed by atoms with Crippen LogP contribution in [0, 0.1) is 5.92 Å². The molecule has 2 unspecified atom stereocenters. The van der Waals surface area contributed by atoms with Crippen LogP contribution in [0.25, 0.3) is 0 Å². The first-order valence-corrected chi connectivity index (χ1v) is 6.22. The van der Waals surface area contributed by atoms with Crippen molar-refractivity contribution in [2.75, 3.05) is 0 Å². The lowest BCUT2D eigenvalue weighted by atomic mass is 10.0. The van der Waals surface area contributed by atoms with Gasteiger partial charge in [0.15, 0.2) is 0 Å². The van der Waals surface area contributed by atoms with E-state index in [1.54, 1.807) is 0 Å². The lowest BCUT2D eigenvalue weighted by Crippen LogP contribution is -2.35. The summed E-state index contributed by atoms with van der Waals surface area (Å²) in [5, 5.41) is 2.89. The lowest BCUT2D eigenvalue weighted by molar-refractivity contribution is -0.139. The van der Waals surface area contributed by atoms with Gasteiger partial charge in [0.05, 0.1) is 5.92 Å². The number of hydrogen-bond acceptors (Lipinski definition) is 3. The molecule has 1 aliphatic rings. The minimum Gasteiger partial charge on any atom is -0.464 e. The number of rotatable bonds is 5. The highest BCUT2D eigenvalue weighted by molar-refractivity contribution is 5.79. The summed E-state index contributed by atoms with van der Waals surface area (Å²) in [7, 11) is 0. The van der Waals surface area contributed by atoms with Crippen molar-refractivity contribution in [3.63, 3.8) is 0 Å². The van der Waals surface area contributed by atoms with Crippen LogP contribution in [0.2, 0.25) is 0 Å². The summed E-state index contributed by atoms with van der Waals surface area (Å²) in [6.07, 6.45) is 2.25. The van der Waals surface area contributed by atoms with Gasteiger partial charge < -0.3 is 10.1 Å². The summed E-state index contributed by atoms with van der Waals surface area (Å²) in [4.78, 5) is 22.4. The maximum atomic E-state index is 12.0. The van der Waals surface area contributed by atoms with Crippen LogP contribution in [0.4, 0.5) is 0 Å². The molecule has 0 radical (unpaired) electrons. The molecule has 0 bridgehead atoms. The third-order valence-corrected chi connectivity index (χ3v) is 3.33. The van der Waals surface area contributed by atoms with Gasteiger partial charge in [-0.15, -0.1) is 0 Å². The van der Waals surface area contributed by atoms with Gasteiger partial charge in [-0.05, 0) is 24.8 Å². The Hall–Kier alpha value is -1.84. The molecule has 0 aromatic heterocycles. The molecule has 1 aromatic rings. The normalized spacial score (nSPS) is 22.4. The van der Waals surface area contributed by atoms with Gasteiger partial charge in [0, 0.05) is 6.54 Å². The van der Waals surface area contributed by atoms with Crippen molar-refractivity contribution >= 4 is 12.4 Å². The molecular formula is C14H17NO3. The first kappa shape index (κ1) is 12.6. The minimum absolute atomic E-state index is 0.0248. The Labute approximate surface area is 106 Å². The van der Waals surface area contributed by atoms with E-state index in [9.17, 15) is 9.59 Å². The maximum absolute atomic E-state index is 12.0. The second-order valence-electron chi connectivity index (χ2n) is 4.51. The first-order valence-electron chi connectivity index (χ1n) is 6.22. The largest absolute Gasteiger partial charge is 0.464 e. The maximum Gasteiger partial charge on any atom is 0.293 e. The molecular weight excluding hydrogens is 230 g/mol. The molecule has 0 heterocycles. The van der Waals surface area contributed by atoms with Crippen molar-refractivity contribution in [1.29, 1.82) is 0 Å². The van der Waals surface area contributed by atoms with E-state index in [0.717, 1.165) is 24.8 Å². The fraction of sp³-hybridized carbons (Fsp3) is 0.429. The zero-order valence-electron chi connectivity index (χ0n) is 10.2. The van der Waals surface area contributed by atoms with E-state index in [1.165, 1.54) is 0 Å². The Balaban J connectivity index is 1.86. The molecule has 18 heavy (non-hydrogen) atoms. The van der Waals surface area contributed by atoms with Gasteiger partial charge >= 0.3 is 0 Å². The molecule has 0 aliphatic heterocycles. The number of benzene rings is 1. The molecule has 4 nitrogen and oxygen atoms in total. The lowest BCUT2D eigenvalue weighted by Gasteiger charge is -2.17. The summed E-state index contributed by atoms with van der Waals surface area (Å²) in [6.45, 7) is 0.956. The van der Waals surface area contributed by atoms with Crippen LogP contribution in [0.15, 0.2) is 30.3 Å². The van der Waals surface area contributed by atoms with Crippen LogP contribution >= 0.6 is 0 Å². The molecule has 1 aromatic carbocycles. The average Bonchev–Trinajstić information content (AvgIpc) is 2.86. The molecule has 1 saturated carbocycles. The van der Waals surface area contributed by atoms with Crippen LogP contribution in [0.5, 0.6) is 0 Å². The van der Waals surface area contributed by atoms with Crippen molar-refractivity contribution < 1.29 is 14.3 Å². The van der Waals surface area contributed by atoms with Gasteiger partial charge in [-0.1, -0.05) is 30.3 Å². The average molecular weight is 247 g/mol. The standard InChI is InChI=1S/C14H17NO3/c16-10-18-13-8-4-7-12(13)14(17)15-9-11-5-2-1-3-6-11/h1-3,5-6,10,12-13H,4,7-9H2,(H,15,17). The van der Waals surface area contributed by atoms with Crippen LogP contribution in [0.3, 0.4) is 0 Å². The summed E-state index contributed by atoms with van der Waals surface area (Å²) in [5.74, 6) is -0.220. The Morgan fingerprint density at radius 3 is 2.83 bits per heavy atom. The summed E-state index contributed by atoms with van der Waals surface area (Å²) >= 11 is 0. The summed E-state index contributed by atoms with van der Waals surface area (Å²) in [5.41, 5.74) is 1.07. The Bertz CT molecular complexity index is 405. The van der Waals surface area contributed by atoms with Crippen molar-refractivity contribution in [2.45, 2.75) is 31.9 Å². The van der Waals surface area contributed by atoms with Crippen LogP contribution in [0.1, 0.15) is 24.8 Å². The van der Waals surface area contributed by atoms with Gasteiger partial charge in [-0.25, -0.2) is 0 Å². The molecule has 0 spiro atoms. The predicted octanol–water partition coefficient (Wildman–Crippen LogP) is 1.64. The second kappa shape index (κ2) is 6.19.